The summed E-state index contributed by atoms with van der Waals surface area (Å²) < 4.78 is 18.6. The molecule has 5 heteroatoms. The van der Waals surface area contributed by atoms with Crippen molar-refractivity contribution in [3.8, 4) is 5.75 Å². The molecule has 0 radical (unpaired) electrons. The summed E-state index contributed by atoms with van der Waals surface area (Å²) in [5.41, 5.74) is 0.994. The van der Waals surface area contributed by atoms with E-state index in [2.05, 4.69) is 12.2 Å². The Bertz CT molecular complexity index is 587. The number of amides is 1. The summed E-state index contributed by atoms with van der Waals surface area (Å²) in [6.07, 6.45) is 5.46. The molecule has 1 aliphatic heterocycles. The second-order valence-corrected chi connectivity index (χ2v) is 7.03. The van der Waals surface area contributed by atoms with Crippen LogP contribution in [0.25, 0.3) is 0 Å². The lowest BCUT2D eigenvalue weighted by molar-refractivity contribution is -0.134. The number of carbonyl (C=O) groups excluding carboxylic acids is 1. The molecule has 0 bridgehead atoms. The number of ether oxygens (including phenoxy) is 1. The highest BCUT2D eigenvalue weighted by molar-refractivity contribution is 5.79. The lowest BCUT2D eigenvalue weighted by Crippen LogP contribution is -2.38. The Morgan fingerprint density at radius 2 is 2.08 bits per heavy atom. The number of likely N-dealkylation sites (tertiary alicyclic amines) is 1. The first kappa shape index (κ1) is 17.2. The van der Waals surface area contributed by atoms with Crippen LogP contribution in [0.5, 0.6) is 5.75 Å². The fraction of sp³-hybridized carbons (Fsp3) is 0.632. The van der Waals surface area contributed by atoms with E-state index in [9.17, 15) is 9.18 Å². The number of benzene rings is 1. The SMILES string of the molecule is COc1cc([C@H](C)N[C@H]2CCN(C(=O)C3CCCC3)C2)ccc1F. The number of rotatable bonds is 5. The molecule has 1 aliphatic carbocycles. The molecule has 1 saturated carbocycles. The van der Waals surface area contributed by atoms with Gasteiger partial charge in [-0.3, -0.25) is 4.79 Å². The topological polar surface area (TPSA) is 41.6 Å². The highest BCUT2D eigenvalue weighted by Gasteiger charge is 2.32. The number of carbonyl (C=O) groups is 1. The molecule has 2 atom stereocenters. The van der Waals surface area contributed by atoms with Gasteiger partial charge in [0, 0.05) is 31.1 Å². The Labute approximate surface area is 143 Å². The van der Waals surface area contributed by atoms with Crippen molar-refractivity contribution in [2.45, 2.75) is 51.1 Å². The lowest BCUT2D eigenvalue weighted by atomic mass is 10.1. The molecular weight excluding hydrogens is 307 g/mol. The van der Waals surface area contributed by atoms with E-state index in [1.165, 1.54) is 26.0 Å². The van der Waals surface area contributed by atoms with Crippen LogP contribution in [0.4, 0.5) is 4.39 Å². The summed E-state index contributed by atoms with van der Waals surface area (Å²) in [7, 11) is 1.48. The molecule has 132 valence electrons. The Kier molecular flexibility index (Phi) is 5.39. The third-order valence-corrected chi connectivity index (χ3v) is 5.37. The maximum Gasteiger partial charge on any atom is 0.225 e. The zero-order valence-corrected chi connectivity index (χ0v) is 14.6. The Morgan fingerprint density at radius 3 is 2.79 bits per heavy atom. The number of methoxy groups -OCH3 is 1. The van der Waals surface area contributed by atoms with E-state index in [4.69, 9.17) is 4.74 Å². The smallest absolute Gasteiger partial charge is 0.225 e. The van der Waals surface area contributed by atoms with Crippen LogP contribution in [0.15, 0.2) is 18.2 Å². The largest absolute Gasteiger partial charge is 0.494 e. The third kappa shape index (κ3) is 3.72. The van der Waals surface area contributed by atoms with Crippen molar-refractivity contribution in [2.24, 2.45) is 5.92 Å². The summed E-state index contributed by atoms with van der Waals surface area (Å²) in [4.78, 5) is 14.5. The van der Waals surface area contributed by atoms with Crippen LogP contribution in [0.3, 0.4) is 0 Å². The molecular formula is C19H27FN2O2. The molecule has 0 unspecified atom stereocenters. The van der Waals surface area contributed by atoms with E-state index in [1.54, 1.807) is 12.1 Å². The number of halogens is 1. The van der Waals surface area contributed by atoms with Crippen molar-refractivity contribution in [3.63, 3.8) is 0 Å². The van der Waals surface area contributed by atoms with Crippen LogP contribution in [-0.4, -0.2) is 37.0 Å². The van der Waals surface area contributed by atoms with E-state index >= 15 is 0 Å². The molecule has 0 spiro atoms. The first-order valence-electron chi connectivity index (χ1n) is 8.96. The molecule has 1 aromatic rings. The predicted octanol–water partition coefficient (Wildman–Crippen LogP) is 3.28. The van der Waals surface area contributed by atoms with E-state index < -0.39 is 0 Å². The van der Waals surface area contributed by atoms with Crippen LogP contribution < -0.4 is 10.1 Å². The molecule has 24 heavy (non-hydrogen) atoms. The third-order valence-electron chi connectivity index (χ3n) is 5.37. The van der Waals surface area contributed by atoms with Crippen molar-refractivity contribution in [3.05, 3.63) is 29.6 Å². The van der Waals surface area contributed by atoms with Crippen molar-refractivity contribution in [2.75, 3.05) is 20.2 Å². The van der Waals surface area contributed by atoms with Gasteiger partial charge in [0.05, 0.1) is 7.11 Å². The molecule has 1 heterocycles. The molecule has 2 fully saturated rings. The van der Waals surface area contributed by atoms with Gasteiger partial charge in [-0.05, 0) is 43.9 Å². The maximum absolute atomic E-state index is 13.5. The number of hydrogen-bond acceptors (Lipinski definition) is 3. The number of hydrogen-bond donors (Lipinski definition) is 1. The fourth-order valence-corrected chi connectivity index (χ4v) is 3.92. The minimum Gasteiger partial charge on any atom is -0.494 e. The molecule has 1 aromatic carbocycles. The summed E-state index contributed by atoms with van der Waals surface area (Å²) in [6.45, 7) is 3.68. The molecule has 4 nitrogen and oxygen atoms in total. The van der Waals surface area contributed by atoms with Gasteiger partial charge in [0.15, 0.2) is 11.6 Å². The minimum atomic E-state index is -0.345. The van der Waals surface area contributed by atoms with Gasteiger partial charge < -0.3 is 15.0 Å². The van der Waals surface area contributed by atoms with Crippen LogP contribution in [0, 0.1) is 11.7 Å². The molecule has 1 saturated heterocycles. The van der Waals surface area contributed by atoms with Gasteiger partial charge in [-0.25, -0.2) is 4.39 Å². The van der Waals surface area contributed by atoms with Crippen LogP contribution >= 0.6 is 0 Å². The number of nitrogens with zero attached hydrogens (tertiary/aromatic N) is 1. The highest BCUT2D eigenvalue weighted by atomic mass is 19.1. The molecule has 0 aromatic heterocycles. The second-order valence-electron chi connectivity index (χ2n) is 7.03. The Balaban J connectivity index is 1.55. The van der Waals surface area contributed by atoms with Gasteiger partial charge in [0.1, 0.15) is 0 Å². The molecule has 3 rings (SSSR count). The van der Waals surface area contributed by atoms with E-state index in [1.807, 2.05) is 4.90 Å². The van der Waals surface area contributed by atoms with Crippen LogP contribution in [0.2, 0.25) is 0 Å². The normalized spacial score (nSPS) is 22.8. The van der Waals surface area contributed by atoms with Gasteiger partial charge in [-0.2, -0.15) is 0 Å². The van der Waals surface area contributed by atoms with E-state index in [0.29, 0.717) is 11.9 Å². The second kappa shape index (κ2) is 7.51. The van der Waals surface area contributed by atoms with Crippen LogP contribution in [-0.2, 0) is 4.79 Å². The van der Waals surface area contributed by atoms with Crippen molar-refractivity contribution < 1.29 is 13.9 Å². The fourth-order valence-electron chi connectivity index (χ4n) is 3.92. The van der Waals surface area contributed by atoms with Crippen molar-refractivity contribution in [1.82, 2.24) is 10.2 Å². The number of nitrogens with one attached hydrogen (secondary N) is 1. The van der Waals surface area contributed by atoms with Crippen molar-refractivity contribution >= 4 is 5.91 Å². The predicted molar refractivity (Wildman–Crippen MR) is 91.4 cm³/mol. The Hall–Kier alpha value is -1.62. The van der Waals surface area contributed by atoms with Gasteiger partial charge in [0.25, 0.3) is 0 Å². The molecule has 2 aliphatic rings. The monoisotopic (exact) mass is 334 g/mol. The van der Waals surface area contributed by atoms with Gasteiger partial charge in [0.2, 0.25) is 5.91 Å². The van der Waals surface area contributed by atoms with Crippen molar-refractivity contribution in [1.29, 1.82) is 0 Å². The quantitative estimate of drug-likeness (QED) is 0.898. The summed E-state index contributed by atoms with van der Waals surface area (Å²) in [5, 5.41) is 3.57. The zero-order chi connectivity index (χ0) is 17.1. The minimum absolute atomic E-state index is 0.0889. The van der Waals surface area contributed by atoms with Gasteiger partial charge in [-0.1, -0.05) is 18.9 Å². The van der Waals surface area contributed by atoms with E-state index in [-0.39, 0.29) is 23.5 Å². The zero-order valence-electron chi connectivity index (χ0n) is 14.6. The molecule has 1 amide bonds. The average molecular weight is 334 g/mol. The Morgan fingerprint density at radius 1 is 1.33 bits per heavy atom. The van der Waals surface area contributed by atoms with Gasteiger partial charge >= 0.3 is 0 Å². The standard InChI is InChI=1S/C19H27FN2O2/c1-13(15-7-8-17(20)18(11-15)24-2)21-16-9-10-22(12-16)19(23)14-5-3-4-6-14/h7-8,11,13-14,16,21H,3-6,9-10,12H2,1-2H3/t13-,16-/m0/s1. The first-order chi connectivity index (χ1) is 11.6. The summed E-state index contributed by atoms with van der Waals surface area (Å²) in [6, 6.07) is 5.35. The highest BCUT2D eigenvalue weighted by Crippen LogP contribution is 2.28. The summed E-state index contributed by atoms with van der Waals surface area (Å²) >= 11 is 0. The van der Waals surface area contributed by atoms with E-state index in [0.717, 1.165) is 37.9 Å². The van der Waals surface area contributed by atoms with Crippen LogP contribution in [0.1, 0.15) is 50.6 Å². The average Bonchev–Trinajstić information content (AvgIpc) is 3.26. The molecule has 1 N–H and O–H groups in total. The van der Waals surface area contributed by atoms with Gasteiger partial charge in [-0.15, -0.1) is 0 Å². The lowest BCUT2D eigenvalue weighted by Gasteiger charge is -2.23. The first-order valence-corrected chi connectivity index (χ1v) is 8.96. The summed E-state index contributed by atoms with van der Waals surface area (Å²) in [5.74, 6) is 0.517. The maximum atomic E-state index is 13.5.